The number of hydrogen-bond acceptors (Lipinski definition) is 3. The molecule has 0 bridgehead atoms. The number of halogens is 1. The van der Waals surface area contributed by atoms with Crippen LogP contribution >= 0.6 is 15.9 Å². The Labute approximate surface area is 212 Å². The van der Waals surface area contributed by atoms with Crippen molar-refractivity contribution in [2.75, 3.05) is 4.90 Å². The Hall–Kier alpha value is -4.40. The van der Waals surface area contributed by atoms with E-state index in [-0.39, 0.29) is 5.57 Å². The third-order valence-electron chi connectivity index (χ3n) is 5.32. The number of nitriles is 1. The normalized spacial score (nSPS) is 11.3. The average Bonchev–Trinajstić information content (AvgIpc) is 2.89. The summed E-state index contributed by atoms with van der Waals surface area (Å²) in [7, 11) is 0. The fourth-order valence-electron chi connectivity index (χ4n) is 3.59. The molecule has 0 aromatic heterocycles. The number of carboxylic acids is 1. The first-order valence-electron chi connectivity index (χ1n) is 10.9. The first-order valence-corrected chi connectivity index (χ1v) is 11.7. The van der Waals surface area contributed by atoms with Crippen LogP contribution in [-0.4, -0.2) is 11.1 Å². The zero-order valence-electron chi connectivity index (χ0n) is 18.7. The lowest BCUT2D eigenvalue weighted by Gasteiger charge is -2.25. The summed E-state index contributed by atoms with van der Waals surface area (Å²) in [6.45, 7) is 0. The Morgan fingerprint density at radius 1 is 0.771 bits per heavy atom. The highest BCUT2D eigenvalue weighted by Crippen LogP contribution is 2.34. The Morgan fingerprint density at radius 2 is 1.29 bits per heavy atom. The number of benzene rings is 4. The molecule has 0 saturated heterocycles. The minimum absolute atomic E-state index is 0.311. The molecule has 0 aliphatic carbocycles. The van der Waals surface area contributed by atoms with E-state index in [1.54, 1.807) is 12.1 Å². The first kappa shape index (κ1) is 23.7. The molecule has 170 valence electrons. The maximum Gasteiger partial charge on any atom is 0.346 e. The SMILES string of the molecule is N#C/C(=C\c1ccc(/C=C/c2ccc(N(c3ccccc3)c3ccccc3)cc2)cc1Br)C(=O)O. The van der Waals surface area contributed by atoms with Crippen molar-refractivity contribution in [1.29, 1.82) is 5.26 Å². The summed E-state index contributed by atoms with van der Waals surface area (Å²) < 4.78 is 0.713. The van der Waals surface area contributed by atoms with Crippen LogP contribution in [0.5, 0.6) is 0 Å². The van der Waals surface area contributed by atoms with E-state index in [9.17, 15) is 4.79 Å². The molecule has 0 radical (unpaired) electrons. The Bertz CT molecular complexity index is 1380. The lowest BCUT2D eigenvalue weighted by atomic mass is 10.1. The van der Waals surface area contributed by atoms with E-state index >= 15 is 0 Å². The van der Waals surface area contributed by atoms with Crippen molar-refractivity contribution in [3.63, 3.8) is 0 Å². The average molecular weight is 521 g/mol. The summed E-state index contributed by atoms with van der Waals surface area (Å²) in [6.07, 6.45) is 5.36. The number of nitrogens with zero attached hydrogens (tertiary/aromatic N) is 2. The second-order valence-electron chi connectivity index (χ2n) is 7.69. The molecule has 0 unspecified atom stereocenters. The van der Waals surface area contributed by atoms with Crippen LogP contribution in [0.1, 0.15) is 16.7 Å². The van der Waals surface area contributed by atoms with Crippen molar-refractivity contribution in [3.05, 3.63) is 130 Å². The smallest absolute Gasteiger partial charge is 0.346 e. The standard InChI is InChI=1S/C30H21BrN2O2/c31-29-19-23(13-16-24(29)20-25(21-32)30(34)35)12-11-22-14-17-28(18-15-22)33(26-7-3-1-4-8-26)27-9-5-2-6-10-27/h1-20H,(H,34,35)/b12-11+,25-20+. The van der Waals surface area contributed by atoms with Gasteiger partial charge in [0.2, 0.25) is 0 Å². The van der Waals surface area contributed by atoms with E-state index in [0.29, 0.717) is 10.0 Å². The molecule has 0 amide bonds. The minimum atomic E-state index is -1.25. The largest absolute Gasteiger partial charge is 0.477 e. The van der Waals surface area contributed by atoms with Crippen LogP contribution in [0.4, 0.5) is 17.1 Å². The van der Waals surface area contributed by atoms with E-state index < -0.39 is 5.97 Å². The van der Waals surface area contributed by atoms with Crippen LogP contribution in [0.2, 0.25) is 0 Å². The molecule has 0 fully saturated rings. The second-order valence-corrected chi connectivity index (χ2v) is 8.54. The molecule has 35 heavy (non-hydrogen) atoms. The minimum Gasteiger partial charge on any atom is -0.477 e. The summed E-state index contributed by atoms with van der Waals surface area (Å²) in [5, 5.41) is 18.0. The molecule has 5 heteroatoms. The van der Waals surface area contributed by atoms with Crippen LogP contribution in [-0.2, 0) is 4.79 Å². The molecule has 0 atom stereocenters. The molecule has 0 spiro atoms. The molecule has 1 N–H and O–H groups in total. The van der Waals surface area contributed by atoms with E-state index in [1.165, 1.54) is 6.08 Å². The Kier molecular flexibility index (Phi) is 7.57. The lowest BCUT2D eigenvalue weighted by Crippen LogP contribution is -2.09. The number of anilines is 3. The van der Waals surface area contributed by atoms with Gasteiger partial charge >= 0.3 is 5.97 Å². The van der Waals surface area contributed by atoms with E-state index in [4.69, 9.17) is 10.4 Å². The maximum atomic E-state index is 11.1. The highest BCUT2D eigenvalue weighted by Gasteiger charge is 2.11. The highest BCUT2D eigenvalue weighted by molar-refractivity contribution is 9.10. The number of carboxylic acid groups (broad SMARTS) is 1. The van der Waals surface area contributed by atoms with Gasteiger partial charge in [-0.15, -0.1) is 0 Å². The van der Waals surface area contributed by atoms with E-state index in [1.807, 2.05) is 60.7 Å². The maximum absolute atomic E-state index is 11.1. The molecular weight excluding hydrogens is 500 g/mol. The first-order chi connectivity index (χ1) is 17.0. The van der Waals surface area contributed by atoms with Gasteiger partial charge < -0.3 is 10.0 Å². The molecule has 0 aliphatic rings. The van der Waals surface area contributed by atoms with Crippen LogP contribution in [0, 0.1) is 11.3 Å². The van der Waals surface area contributed by atoms with Gasteiger partial charge in [0, 0.05) is 21.5 Å². The van der Waals surface area contributed by atoms with Crippen LogP contribution in [0.3, 0.4) is 0 Å². The Balaban J connectivity index is 1.56. The predicted molar refractivity (Wildman–Crippen MR) is 145 cm³/mol. The third-order valence-corrected chi connectivity index (χ3v) is 6.01. The zero-order valence-corrected chi connectivity index (χ0v) is 20.3. The molecule has 4 rings (SSSR count). The van der Waals surface area contributed by atoms with Crippen molar-refractivity contribution in [2.24, 2.45) is 0 Å². The predicted octanol–water partition coefficient (Wildman–Crippen LogP) is 8.08. The van der Waals surface area contributed by atoms with Crippen molar-refractivity contribution in [1.82, 2.24) is 0 Å². The fraction of sp³-hybridized carbons (Fsp3) is 0. The van der Waals surface area contributed by atoms with Gasteiger partial charge in [-0.2, -0.15) is 5.26 Å². The van der Waals surface area contributed by atoms with Crippen molar-refractivity contribution in [2.45, 2.75) is 0 Å². The highest BCUT2D eigenvalue weighted by atomic mass is 79.9. The quantitative estimate of drug-likeness (QED) is 0.152. The van der Waals surface area contributed by atoms with Crippen molar-refractivity contribution in [3.8, 4) is 6.07 Å². The van der Waals surface area contributed by atoms with Gasteiger partial charge in [0.1, 0.15) is 11.6 Å². The topological polar surface area (TPSA) is 64.3 Å². The molecule has 0 saturated carbocycles. The van der Waals surface area contributed by atoms with Crippen LogP contribution in [0.15, 0.2) is 113 Å². The molecule has 4 aromatic rings. The van der Waals surface area contributed by atoms with Crippen molar-refractivity contribution < 1.29 is 9.90 Å². The zero-order chi connectivity index (χ0) is 24.6. The van der Waals surface area contributed by atoms with E-state index in [2.05, 4.69) is 69.4 Å². The van der Waals surface area contributed by atoms with E-state index in [0.717, 1.165) is 28.2 Å². The summed E-state index contributed by atoms with van der Waals surface area (Å²) in [4.78, 5) is 13.3. The summed E-state index contributed by atoms with van der Waals surface area (Å²) >= 11 is 3.46. The lowest BCUT2D eigenvalue weighted by molar-refractivity contribution is -0.132. The van der Waals surface area contributed by atoms with Crippen LogP contribution < -0.4 is 4.90 Å². The van der Waals surface area contributed by atoms with Gasteiger partial charge in [0.05, 0.1) is 0 Å². The monoisotopic (exact) mass is 520 g/mol. The Morgan fingerprint density at radius 3 is 1.80 bits per heavy atom. The van der Waals surface area contributed by atoms with Gasteiger partial charge in [0.15, 0.2) is 0 Å². The summed E-state index contributed by atoms with van der Waals surface area (Å²) in [6, 6.07) is 36.1. The number of para-hydroxylation sites is 2. The van der Waals surface area contributed by atoms with Gasteiger partial charge in [0.25, 0.3) is 0 Å². The van der Waals surface area contributed by atoms with Crippen molar-refractivity contribution >= 4 is 57.2 Å². The van der Waals surface area contributed by atoms with Gasteiger partial charge in [-0.3, -0.25) is 0 Å². The second kappa shape index (κ2) is 11.1. The number of carbonyl (C=O) groups is 1. The van der Waals surface area contributed by atoms with Gasteiger partial charge in [-0.05, 0) is 65.2 Å². The molecule has 4 nitrogen and oxygen atoms in total. The van der Waals surface area contributed by atoms with Gasteiger partial charge in [-0.1, -0.05) is 88.7 Å². The summed E-state index contributed by atoms with van der Waals surface area (Å²) in [5.74, 6) is -1.25. The molecule has 0 heterocycles. The van der Waals surface area contributed by atoms with Crippen LogP contribution in [0.25, 0.3) is 18.2 Å². The number of hydrogen-bond donors (Lipinski definition) is 1. The molecular formula is C30H21BrN2O2. The summed E-state index contributed by atoms with van der Waals surface area (Å²) in [5.41, 5.74) is 5.55. The third kappa shape index (κ3) is 5.94. The number of aliphatic carboxylic acids is 1. The molecule has 0 aliphatic heterocycles. The number of rotatable bonds is 7. The fourth-order valence-corrected chi connectivity index (χ4v) is 4.10. The molecule has 4 aromatic carbocycles. The van der Waals surface area contributed by atoms with Gasteiger partial charge in [-0.25, -0.2) is 4.79 Å².